The first-order chi connectivity index (χ1) is 11.2. The fraction of sp³-hybridized carbons (Fsp3) is 0.579. The number of nitrogens with one attached hydrogen (secondary N) is 1. The van der Waals surface area contributed by atoms with Gasteiger partial charge >= 0.3 is 0 Å². The van der Waals surface area contributed by atoms with Gasteiger partial charge in [-0.2, -0.15) is 0 Å². The van der Waals surface area contributed by atoms with Crippen LogP contribution in [0.4, 0.5) is 0 Å². The van der Waals surface area contributed by atoms with Gasteiger partial charge in [0.1, 0.15) is 5.82 Å². The standard InChI is InChI=1S/C19H27N3O/c1-3-4-7-15-10-12-22(13-11-15)14(2)18-20-17-9-6-5-8-16(17)19(23)21-18/h5-6,8-9,14-15H,3-4,7,10-13H2,1-2H3,(H,20,21,23). The highest BCUT2D eigenvalue weighted by Gasteiger charge is 2.24. The molecule has 3 rings (SSSR count). The summed E-state index contributed by atoms with van der Waals surface area (Å²) in [4.78, 5) is 22.4. The highest BCUT2D eigenvalue weighted by Crippen LogP contribution is 2.27. The Morgan fingerprint density at radius 2 is 2.04 bits per heavy atom. The van der Waals surface area contributed by atoms with Gasteiger partial charge in [0.2, 0.25) is 0 Å². The van der Waals surface area contributed by atoms with Gasteiger partial charge in [0.25, 0.3) is 5.56 Å². The Hall–Kier alpha value is -1.68. The molecule has 1 aromatic carbocycles. The van der Waals surface area contributed by atoms with Gasteiger partial charge in [-0.05, 0) is 50.9 Å². The van der Waals surface area contributed by atoms with Crippen molar-refractivity contribution in [3.8, 4) is 0 Å². The van der Waals surface area contributed by atoms with Crippen LogP contribution in [-0.2, 0) is 0 Å². The molecule has 1 N–H and O–H groups in total. The van der Waals surface area contributed by atoms with E-state index in [1.165, 1.54) is 32.1 Å². The van der Waals surface area contributed by atoms with Crippen molar-refractivity contribution in [1.29, 1.82) is 0 Å². The largest absolute Gasteiger partial charge is 0.309 e. The lowest BCUT2D eigenvalue weighted by Gasteiger charge is -2.35. The van der Waals surface area contributed by atoms with Crippen LogP contribution in [0.1, 0.15) is 57.8 Å². The van der Waals surface area contributed by atoms with E-state index in [2.05, 4.69) is 28.7 Å². The van der Waals surface area contributed by atoms with E-state index in [1.54, 1.807) is 0 Å². The quantitative estimate of drug-likeness (QED) is 0.911. The molecular formula is C19H27N3O. The zero-order valence-corrected chi connectivity index (χ0v) is 14.2. The summed E-state index contributed by atoms with van der Waals surface area (Å²) in [5.41, 5.74) is 0.756. The first-order valence-electron chi connectivity index (χ1n) is 8.92. The summed E-state index contributed by atoms with van der Waals surface area (Å²) >= 11 is 0. The summed E-state index contributed by atoms with van der Waals surface area (Å²) in [5, 5.41) is 0.668. The second-order valence-electron chi connectivity index (χ2n) is 6.77. The van der Waals surface area contributed by atoms with Gasteiger partial charge in [0.05, 0.1) is 16.9 Å². The third-order valence-electron chi connectivity index (χ3n) is 5.19. The van der Waals surface area contributed by atoms with Crippen LogP contribution >= 0.6 is 0 Å². The average molecular weight is 313 g/mol. The number of hydrogen-bond acceptors (Lipinski definition) is 3. The van der Waals surface area contributed by atoms with Gasteiger partial charge in [-0.3, -0.25) is 9.69 Å². The maximum atomic E-state index is 12.2. The second-order valence-corrected chi connectivity index (χ2v) is 6.77. The van der Waals surface area contributed by atoms with E-state index in [1.807, 2.05) is 24.3 Å². The molecule has 0 spiro atoms. The number of para-hydroxylation sites is 1. The van der Waals surface area contributed by atoms with E-state index in [9.17, 15) is 4.79 Å². The monoisotopic (exact) mass is 313 g/mol. The fourth-order valence-corrected chi connectivity index (χ4v) is 3.60. The summed E-state index contributed by atoms with van der Waals surface area (Å²) in [6.07, 6.45) is 6.53. The van der Waals surface area contributed by atoms with Crippen molar-refractivity contribution in [3.05, 3.63) is 40.4 Å². The van der Waals surface area contributed by atoms with Gasteiger partial charge in [0, 0.05) is 0 Å². The number of nitrogens with zero attached hydrogens (tertiary/aromatic N) is 2. The third-order valence-corrected chi connectivity index (χ3v) is 5.19. The van der Waals surface area contributed by atoms with Crippen LogP contribution in [-0.4, -0.2) is 28.0 Å². The molecule has 23 heavy (non-hydrogen) atoms. The van der Waals surface area contributed by atoms with Crippen molar-refractivity contribution >= 4 is 10.9 Å². The molecule has 4 nitrogen and oxygen atoms in total. The lowest BCUT2D eigenvalue weighted by atomic mass is 9.91. The first-order valence-corrected chi connectivity index (χ1v) is 8.92. The molecule has 1 aliphatic rings. The van der Waals surface area contributed by atoms with Crippen molar-refractivity contribution in [2.45, 2.75) is 52.0 Å². The predicted octanol–water partition coefficient (Wildman–Crippen LogP) is 3.89. The molecule has 0 radical (unpaired) electrons. The lowest BCUT2D eigenvalue weighted by molar-refractivity contribution is 0.132. The molecule has 0 amide bonds. The van der Waals surface area contributed by atoms with Crippen LogP contribution < -0.4 is 5.56 Å². The van der Waals surface area contributed by atoms with Crippen molar-refractivity contribution in [2.75, 3.05) is 13.1 Å². The van der Waals surface area contributed by atoms with Crippen LogP contribution in [0.25, 0.3) is 10.9 Å². The van der Waals surface area contributed by atoms with E-state index in [0.29, 0.717) is 5.39 Å². The Morgan fingerprint density at radius 3 is 2.78 bits per heavy atom. The summed E-state index contributed by atoms with van der Waals surface area (Å²) in [6, 6.07) is 7.72. The van der Waals surface area contributed by atoms with E-state index in [0.717, 1.165) is 30.3 Å². The Kier molecular flexibility index (Phi) is 5.11. The zero-order valence-electron chi connectivity index (χ0n) is 14.2. The Bertz CT molecular complexity index is 701. The Balaban J connectivity index is 1.71. The maximum absolute atomic E-state index is 12.2. The highest BCUT2D eigenvalue weighted by molar-refractivity contribution is 5.77. The smallest absolute Gasteiger partial charge is 0.258 e. The summed E-state index contributed by atoms with van der Waals surface area (Å²) in [7, 11) is 0. The van der Waals surface area contributed by atoms with E-state index >= 15 is 0 Å². The van der Waals surface area contributed by atoms with Crippen LogP contribution in [0.15, 0.2) is 29.1 Å². The molecule has 0 aliphatic carbocycles. The fourth-order valence-electron chi connectivity index (χ4n) is 3.60. The minimum Gasteiger partial charge on any atom is -0.309 e. The molecule has 1 aromatic heterocycles. The molecule has 1 atom stereocenters. The van der Waals surface area contributed by atoms with Crippen LogP contribution in [0.2, 0.25) is 0 Å². The Labute approximate surface area is 137 Å². The molecule has 1 saturated heterocycles. The predicted molar refractivity (Wildman–Crippen MR) is 94.6 cm³/mol. The average Bonchev–Trinajstić information content (AvgIpc) is 2.60. The summed E-state index contributed by atoms with van der Waals surface area (Å²) in [6.45, 7) is 6.62. The van der Waals surface area contributed by atoms with Gasteiger partial charge < -0.3 is 4.98 Å². The van der Waals surface area contributed by atoms with Crippen molar-refractivity contribution < 1.29 is 0 Å². The molecule has 2 heterocycles. The van der Waals surface area contributed by atoms with Crippen LogP contribution in [0, 0.1) is 5.92 Å². The number of H-pyrrole nitrogens is 1. The first kappa shape index (κ1) is 16.2. The molecule has 0 saturated carbocycles. The number of hydrogen-bond donors (Lipinski definition) is 1. The van der Waals surface area contributed by atoms with Gasteiger partial charge in [0.15, 0.2) is 0 Å². The molecule has 1 aliphatic heterocycles. The van der Waals surface area contributed by atoms with Crippen LogP contribution in [0.5, 0.6) is 0 Å². The number of unbranched alkanes of at least 4 members (excludes halogenated alkanes) is 1. The number of benzene rings is 1. The molecule has 1 fully saturated rings. The highest BCUT2D eigenvalue weighted by atomic mass is 16.1. The molecule has 124 valence electrons. The second kappa shape index (κ2) is 7.26. The van der Waals surface area contributed by atoms with E-state index in [4.69, 9.17) is 0 Å². The van der Waals surface area contributed by atoms with Crippen LogP contribution in [0.3, 0.4) is 0 Å². The number of likely N-dealkylation sites (tertiary alicyclic amines) is 1. The Morgan fingerprint density at radius 1 is 1.30 bits per heavy atom. The van der Waals surface area contributed by atoms with Crippen molar-refractivity contribution in [3.63, 3.8) is 0 Å². The summed E-state index contributed by atoms with van der Waals surface area (Å²) < 4.78 is 0. The number of fused-ring (bicyclic) bond motifs is 1. The van der Waals surface area contributed by atoms with E-state index < -0.39 is 0 Å². The zero-order chi connectivity index (χ0) is 16.2. The molecule has 2 aromatic rings. The topological polar surface area (TPSA) is 49.0 Å². The van der Waals surface area contributed by atoms with Crippen molar-refractivity contribution in [1.82, 2.24) is 14.9 Å². The molecule has 4 heteroatoms. The normalized spacial score (nSPS) is 18.3. The van der Waals surface area contributed by atoms with Gasteiger partial charge in [-0.15, -0.1) is 0 Å². The molecule has 0 bridgehead atoms. The number of aromatic amines is 1. The maximum Gasteiger partial charge on any atom is 0.258 e. The SMILES string of the molecule is CCCCC1CCN(C(C)c2nc3ccccc3c(=O)[nH]2)CC1. The lowest BCUT2D eigenvalue weighted by Crippen LogP contribution is -2.37. The van der Waals surface area contributed by atoms with E-state index in [-0.39, 0.29) is 11.6 Å². The molecular weight excluding hydrogens is 286 g/mol. The number of aromatic nitrogens is 2. The van der Waals surface area contributed by atoms with Gasteiger partial charge in [-0.1, -0.05) is 38.3 Å². The number of rotatable bonds is 5. The minimum atomic E-state index is -0.0321. The number of piperidine rings is 1. The van der Waals surface area contributed by atoms with Gasteiger partial charge in [-0.25, -0.2) is 4.98 Å². The van der Waals surface area contributed by atoms with Crippen molar-refractivity contribution in [2.24, 2.45) is 5.92 Å². The molecule has 1 unspecified atom stereocenters. The third kappa shape index (κ3) is 3.63. The minimum absolute atomic E-state index is 0.0321. The summed E-state index contributed by atoms with van der Waals surface area (Å²) in [5.74, 6) is 1.67.